The number of furan rings is 1. The summed E-state index contributed by atoms with van der Waals surface area (Å²) < 4.78 is 16.6. The topological polar surface area (TPSA) is 104 Å². The van der Waals surface area contributed by atoms with Crippen LogP contribution < -0.4 is 14.8 Å². The van der Waals surface area contributed by atoms with Gasteiger partial charge in [0.1, 0.15) is 16.9 Å². The van der Waals surface area contributed by atoms with Crippen LogP contribution in [0.15, 0.2) is 59.0 Å². The molecule has 3 aromatic carbocycles. The van der Waals surface area contributed by atoms with Crippen LogP contribution in [0.2, 0.25) is 0 Å². The van der Waals surface area contributed by atoms with Crippen LogP contribution in [0.5, 0.6) is 11.5 Å². The molecule has 0 saturated carbocycles. The van der Waals surface area contributed by atoms with Gasteiger partial charge in [-0.1, -0.05) is 18.2 Å². The number of nitrogens with zero attached hydrogens (tertiary/aromatic N) is 1. The average molecular weight is 406 g/mol. The molecule has 0 saturated heterocycles. The molecule has 4 aromatic rings. The minimum atomic E-state index is -0.581. The maximum atomic E-state index is 12.8. The van der Waals surface area contributed by atoms with Gasteiger partial charge in [0.2, 0.25) is 0 Å². The molecule has 1 amide bonds. The Balaban J connectivity index is 1.71. The van der Waals surface area contributed by atoms with Crippen molar-refractivity contribution in [3.8, 4) is 11.5 Å². The molecule has 0 unspecified atom stereocenters. The van der Waals surface area contributed by atoms with Crippen molar-refractivity contribution in [2.75, 3.05) is 19.0 Å². The largest absolute Gasteiger partial charge is 0.495 e. The number of hydrogen-bond acceptors (Lipinski definition) is 6. The molecule has 152 valence electrons. The first-order valence-corrected chi connectivity index (χ1v) is 9.23. The van der Waals surface area contributed by atoms with E-state index < -0.39 is 10.8 Å². The highest BCUT2D eigenvalue weighted by molar-refractivity contribution is 6.10. The van der Waals surface area contributed by atoms with Crippen molar-refractivity contribution >= 4 is 39.2 Å². The predicted molar refractivity (Wildman–Crippen MR) is 112 cm³/mol. The third kappa shape index (κ3) is 3.39. The summed E-state index contributed by atoms with van der Waals surface area (Å²) in [7, 11) is 1.50. The second kappa shape index (κ2) is 7.75. The van der Waals surface area contributed by atoms with E-state index in [4.69, 9.17) is 13.9 Å². The van der Waals surface area contributed by atoms with Crippen LogP contribution in [0.3, 0.4) is 0 Å². The number of fused-ring (bicyclic) bond motifs is 3. The van der Waals surface area contributed by atoms with Crippen molar-refractivity contribution in [1.29, 1.82) is 0 Å². The number of rotatable bonds is 6. The molecule has 0 aliphatic carbocycles. The molecule has 0 aliphatic rings. The molecule has 0 fully saturated rings. The lowest BCUT2D eigenvalue weighted by Crippen LogP contribution is -2.13. The number of ether oxygens (including phenoxy) is 2. The molecule has 0 atom stereocenters. The average Bonchev–Trinajstić information content (AvgIpc) is 3.10. The highest BCUT2D eigenvalue weighted by atomic mass is 16.6. The number of anilines is 1. The van der Waals surface area contributed by atoms with Gasteiger partial charge in [-0.3, -0.25) is 14.9 Å². The van der Waals surface area contributed by atoms with E-state index in [1.54, 1.807) is 19.1 Å². The summed E-state index contributed by atoms with van der Waals surface area (Å²) in [6.07, 6.45) is 0. The number of benzene rings is 3. The lowest BCUT2D eigenvalue weighted by Gasteiger charge is -2.11. The van der Waals surface area contributed by atoms with Crippen LogP contribution in [-0.2, 0) is 0 Å². The fourth-order valence-electron chi connectivity index (χ4n) is 3.29. The molecule has 0 bridgehead atoms. The van der Waals surface area contributed by atoms with Crippen LogP contribution >= 0.6 is 0 Å². The van der Waals surface area contributed by atoms with E-state index in [-0.39, 0.29) is 23.6 Å². The number of hydrogen-bond donors (Lipinski definition) is 1. The van der Waals surface area contributed by atoms with Crippen molar-refractivity contribution in [2.45, 2.75) is 6.92 Å². The Kier molecular flexibility index (Phi) is 4.97. The number of nitrogens with one attached hydrogen (secondary N) is 1. The number of carbonyl (C=O) groups excluding carboxylic acids is 1. The smallest absolute Gasteiger partial charge is 0.311 e. The zero-order valence-electron chi connectivity index (χ0n) is 16.3. The first-order valence-electron chi connectivity index (χ1n) is 9.23. The first-order chi connectivity index (χ1) is 14.5. The molecular formula is C22H18N2O6. The summed E-state index contributed by atoms with van der Waals surface area (Å²) in [5, 5.41) is 15.9. The van der Waals surface area contributed by atoms with Gasteiger partial charge in [-0.25, -0.2) is 0 Å². The van der Waals surface area contributed by atoms with Crippen molar-refractivity contribution in [3.63, 3.8) is 0 Å². The van der Waals surface area contributed by atoms with Crippen molar-refractivity contribution < 1.29 is 23.6 Å². The van der Waals surface area contributed by atoms with Gasteiger partial charge in [0.15, 0.2) is 5.75 Å². The number of carbonyl (C=O) groups is 1. The quantitative estimate of drug-likeness (QED) is 0.351. The number of nitro benzene ring substituents is 1. The maximum Gasteiger partial charge on any atom is 0.311 e. The number of methoxy groups -OCH3 is 1. The van der Waals surface area contributed by atoms with E-state index >= 15 is 0 Å². The molecule has 0 radical (unpaired) electrons. The van der Waals surface area contributed by atoms with Crippen molar-refractivity contribution in [3.05, 3.63) is 70.3 Å². The Morgan fingerprint density at radius 1 is 1.07 bits per heavy atom. The Morgan fingerprint density at radius 2 is 1.87 bits per heavy atom. The summed E-state index contributed by atoms with van der Waals surface area (Å²) in [6, 6.07) is 15.1. The number of para-hydroxylation sites is 1. The zero-order chi connectivity index (χ0) is 21.3. The van der Waals surface area contributed by atoms with E-state index in [0.717, 1.165) is 16.4 Å². The van der Waals surface area contributed by atoms with Crippen LogP contribution in [-0.4, -0.2) is 24.5 Å². The van der Waals surface area contributed by atoms with E-state index in [1.807, 2.05) is 24.3 Å². The lowest BCUT2D eigenvalue weighted by atomic mass is 10.1. The Bertz CT molecular complexity index is 1280. The molecule has 8 nitrogen and oxygen atoms in total. The summed E-state index contributed by atoms with van der Waals surface area (Å²) in [4.78, 5) is 23.5. The molecule has 0 aliphatic heterocycles. The molecule has 30 heavy (non-hydrogen) atoms. The summed E-state index contributed by atoms with van der Waals surface area (Å²) in [5.74, 6) is 0.0399. The van der Waals surface area contributed by atoms with Gasteiger partial charge in [0.25, 0.3) is 5.91 Å². The van der Waals surface area contributed by atoms with Crippen LogP contribution in [0.25, 0.3) is 21.9 Å². The maximum absolute atomic E-state index is 12.8. The van der Waals surface area contributed by atoms with E-state index in [9.17, 15) is 14.9 Å². The van der Waals surface area contributed by atoms with Gasteiger partial charge >= 0.3 is 5.69 Å². The normalized spacial score (nSPS) is 10.9. The lowest BCUT2D eigenvalue weighted by molar-refractivity contribution is -0.385. The molecule has 1 heterocycles. The molecule has 4 rings (SSSR count). The molecule has 0 spiro atoms. The minimum absolute atomic E-state index is 0.111. The zero-order valence-corrected chi connectivity index (χ0v) is 16.3. The highest BCUT2D eigenvalue weighted by Crippen LogP contribution is 2.37. The second-order valence-electron chi connectivity index (χ2n) is 6.47. The fraction of sp³-hybridized carbons (Fsp3) is 0.136. The van der Waals surface area contributed by atoms with Gasteiger partial charge in [-0.2, -0.15) is 0 Å². The summed E-state index contributed by atoms with van der Waals surface area (Å²) >= 11 is 0. The van der Waals surface area contributed by atoms with Gasteiger partial charge < -0.3 is 19.2 Å². The second-order valence-corrected chi connectivity index (χ2v) is 6.47. The van der Waals surface area contributed by atoms with Gasteiger partial charge in [-0.15, -0.1) is 0 Å². The highest BCUT2D eigenvalue weighted by Gasteiger charge is 2.20. The van der Waals surface area contributed by atoms with Gasteiger partial charge in [0.05, 0.1) is 24.3 Å². The van der Waals surface area contributed by atoms with E-state index in [2.05, 4.69) is 5.32 Å². The third-order valence-electron chi connectivity index (χ3n) is 4.66. The van der Waals surface area contributed by atoms with E-state index in [1.165, 1.54) is 25.3 Å². The van der Waals surface area contributed by atoms with Crippen LogP contribution in [0.1, 0.15) is 17.3 Å². The molecule has 8 heteroatoms. The number of amides is 1. The van der Waals surface area contributed by atoms with Gasteiger partial charge in [0, 0.05) is 28.5 Å². The Labute approximate surface area is 171 Å². The van der Waals surface area contributed by atoms with Crippen LogP contribution in [0.4, 0.5) is 11.4 Å². The van der Waals surface area contributed by atoms with Crippen molar-refractivity contribution in [1.82, 2.24) is 0 Å². The van der Waals surface area contributed by atoms with Crippen LogP contribution in [0, 0.1) is 10.1 Å². The third-order valence-corrected chi connectivity index (χ3v) is 4.66. The SMILES string of the molecule is CCOc1ccc(C(=O)Nc2cc3oc4ccccc4c3cc2OC)cc1[N+](=O)[O-]. The monoisotopic (exact) mass is 406 g/mol. The molecule has 1 N–H and O–H groups in total. The molecule has 1 aromatic heterocycles. The molecular weight excluding hydrogens is 388 g/mol. The first kappa shape index (κ1) is 19.3. The summed E-state index contributed by atoms with van der Waals surface area (Å²) in [6.45, 7) is 2.01. The number of nitro groups is 1. The van der Waals surface area contributed by atoms with E-state index in [0.29, 0.717) is 17.0 Å². The van der Waals surface area contributed by atoms with Gasteiger partial charge in [-0.05, 0) is 31.2 Å². The fourth-order valence-corrected chi connectivity index (χ4v) is 3.29. The Hall–Kier alpha value is -4.07. The Morgan fingerprint density at radius 3 is 2.60 bits per heavy atom. The van der Waals surface area contributed by atoms with Crippen molar-refractivity contribution in [2.24, 2.45) is 0 Å². The summed E-state index contributed by atoms with van der Waals surface area (Å²) in [5.41, 5.74) is 1.55. The standard InChI is InChI=1S/C22H18N2O6/c1-3-29-19-9-8-13(10-17(19)24(26)27)22(25)23-16-12-20-15(11-21(16)28-2)14-6-4-5-7-18(14)30-20/h4-12H,3H2,1-2H3,(H,23,25). The minimum Gasteiger partial charge on any atom is -0.495 e. The predicted octanol–water partition coefficient (Wildman–Crippen LogP) is 5.15.